The molecule has 0 fully saturated rings. The Morgan fingerprint density at radius 1 is 1.32 bits per heavy atom. The van der Waals surface area contributed by atoms with Gasteiger partial charge in [0.2, 0.25) is 0 Å². The monoisotopic (exact) mass is 339 g/mol. The van der Waals surface area contributed by atoms with E-state index in [0.717, 1.165) is 12.0 Å². The summed E-state index contributed by atoms with van der Waals surface area (Å²) >= 11 is 9.31. The lowest BCUT2D eigenvalue weighted by atomic mass is 10.0. The zero-order valence-corrected chi connectivity index (χ0v) is 13.2. The lowest BCUT2D eigenvalue weighted by Gasteiger charge is -2.19. The molecular formula is C15H15BrClNO. The van der Waals surface area contributed by atoms with E-state index in [4.69, 9.17) is 11.6 Å². The summed E-state index contributed by atoms with van der Waals surface area (Å²) < 4.78 is 2.18. The van der Waals surface area contributed by atoms with Crippen LogP contribution in [0.1, 0.15) is 30.5 Å². The van der Waals surface area contributed by atoms with E-state index < -0.39 is 0 Å². The van der Waals surface area contributed by atoms with Crippen molar-refractivity contribution in [2.24, 2.45) is 0 Å². The number of pyridine rings is 1. The predicted octanol–water partition coefficient (Wildman–Crippen LogP) is 4.57. The van der Waals surface area contributed by atoms with Gasteiger partial charge in [0.1, 0.15) is 0 Å². The second kappa shape index (κ2) is 5.93. The van der Waals surface area contributed by atoms with Gasteiger partial charge < -0.3 is 4.57 Å². The lowest BCUT2D eigenvalue weighted by molar-refractivity contribution is 0.547. The molecular weight excluding hydrogens is 326 g/mol. The Labute approximate surface area is 126 Å². The zero-order valence-electron chi connectivity index (χ0n) is 10.9. The van der Waals surface area contributed by atoms with Crippen LogP contribution in [0, 0.1) is 6.92 Å². The molecule has 0 aliphatic carbocycles. The highest BCUT2D eigenvalue weighted by molar-refractivity contribution is 9.10. The van der Waals surface area contributed by atoms with Gasteiger partial charge in [0.05, 0.1) is 15.5 Å². The van der Waals surface area contributed by atoms with Gasteiger partial charge in [-0.1, -0.05) is 48.4 Å². The molecule has 1 heterocycles. The smallest absolute Gasteiger partial charge is 0.265 e. The number of hydrogen-bond donors (Lipinski definition) is 0. The summed E-state index contributed by atoms with van der Waals surface area (Å²) in [5.41, 5.74) is 2.26. The molecule has 100 valence electrons. The van der Waals surface area contributed by atoms with Crippen LogP contribution in [0.4, 0.5) is 0 Å². The first-order valence-electron chi connectivity index (χ1n) is 6.16. The molecule has 0 spiro atoms. The highest BCUT2D eigenvalue weighted by Crippen LogP contribution is 2.23. The molecule has 0 radical (unpaired) electrons. The summed E-state index contributed by atoms with van der Waals surface area (Å²) in [6, 6.07) is 9.87. The Bertz CT molecular complexity index is 634. The van der Waals surface area contributed by atoms with Crippen LogP contribution in [0.25, 0.3) is 0 Å². The first-order valence-corrected chi connectivity index (χ1v) is 7.33. The van der Waals surface area contributed by atoms with Gasteiger partial charge in [-0.25, -0.2) is 0 Å². The molecule has 2 aromatic rings. The number of nitrogens with zero attached hydrogens (tertiary/aromatic N) is 1. The minimum atomic E-state index is -0.0585. The highest BCUT2D eigenvalue weighted by Gasteiger charge is 2.15. The number of halogens is 2. The predicted molar refractivity (Wildman–Crippen MR) is 83.0 cm³/mol. The minimum Gasteiger partial charge on any atom is -0.306 e. The van der Waals surface area contributed by atoms with Crippen molar-refractivity contribution in [3.8, 4) is 0 Å². The van der Waals surface area contributed by atoms with Crippen molar-refractivity contribution in [1.29, 1.82) is 0 Å². The quantitative estimate of drug-likeness (QED) is 0.802. The number of hydrogen-bond acceptors (Lipinski definition) is 1. The molecule has 1 unspecified atom stereocenters. The molecule has 0 aliphatic rings. The van der Waals surface area contributed by atoms with Crippen molar-refractivity contribution >= 4 is 27.5 Å². The van der Waals surface area contributed by atoms with Gasteiger partial charge in [-0.3, -0.25) is 4.79 Å². The second-order valence-corrected chi connectivity index (χ2v) is 5.84. The third-order valence-electron chi connectivity index (χ3n) is 3.15. The average molecular weight is 341 g/mol. The summed E-state index contributed by atoms with van der Waals surface area (Å²) in [7, 11) is 0. The van der Waals surface area contributed by atoms with E-state index in [1.165, 1.54) is 5.56 Å². The molecule has 0 N–H and O–H groups in total. The maximum absolute atomic E-state index is 12.2. The first-order chi connectivity index (χ1) is 9.02. The van der Waals surface area contributed by atoms with Crippen LogP contribution in [-0.2, 0) is 0 Å². The Morgan fingerprint density at radius 3 is 2.53 bits per heavy atom. The summed E-state index contributed by atoms with van der Waals surface area (Å²) in [5.74, 6) is 0. The molecule has 0 amide bonds. The van der Waals surface area contributed by atoms with E-state index in [-0.39, 0.29) is 11.6 Å². The van der Waals surface area contributed by atoms with Crippen molar-refractivity contribution < 1.29 is 0 Å². The molecule has 19 heavy (non-hydrogen) atoms. The highest BCUT2D eigenvalue weighted by atomic mass is 79.9. The Hall–Kier alpha value is -1.06. The van der Waals surface area contributed by atoms with Crippen molar-refractivity contribution in [2.45, 2.75) is 26.3 Å². The van der Waals surface area contributed by atoms with Crippen LogP contribution >= 0.6 is 27.5 Å². The molecule has 2 nitrogen and oxygen atoms in total. The fourth-order valence-electron chi connectivity index (χ4n) is 2.15. The Kier molecular flexibility index (Phi) is 4.48. The number of benzene rings is 1. The van der Waals surface area contributed by atoms with Gasteiger partial charge >= 0.3 is 0 Å². The standard InChI is InChI=1S/C15H15BrClNO/c1-3-14(11-6-4-10(2)5-7-11)18-9-12(17)8-13(16)15(18)19/h4-9,14H,3H2,1-2H3. The van der Waals surface area contributed by atoms with Crippen molar-refractivity contribution in [3.05, 3.63) is 67.5 Å². The van der Waals surface area contributed by atoms with Gasteiger partial charge in [0.25, 0.3) is 5.56 Å². The third kappa shape index (κ3) is 3.10. The molecule has 1 aromatic carbocycles. The van der Waals surface area contributed by atoms with E-state index in [2.05, 4.69) is 47.1 Å². The molecule has 4 heteroatoms. The molecule has 2 rings (SSSR count). The van der Waals surface area contributed by atoms with Crippen molar-refractivity contribution in [3.63, 3.8) is 0 Å². The summed E-state index contributed by atoms with van der Waals surface area (Å²) in [5, 5.41) is 0.553. The fraction of sp³-hybridized carbons (Fsp3) is 0.267. The van der Waals surface area contributed by atoms with Crippen molar-refractivity contribution in [2.75, 3.05) is 0 Å². The maximum atomic E-state index is 12.2. The summed E-state index contributed by atoms with van der Waals surface area (Å²) in [6.45, 7) is 4.11. The Morgan fingerprint density at radius 2 is 1.95 bits per heavy atom. The van der Waals surface area contributed by atoms with Crippen molar-refractivity contribution in [1.82, 2.24) is 4.57 Å². The van der Waals surface area contributed by atoms with E-state index in [1.54, 1.807) is 16.8 Å². The van der Waals surface area contributed by atoms with E-state index in [9.17, 15) is 4.79 Å². The van der Waals surface area contributed by atoms with Gasteiger partial charge in [-0.15, -0.1) is 0 Å². The zero-order chi connectivity index (χ0) is 14.0. The summed E-state index contributed by atoms with van der Waals surface area (Å²) in [4.78, 5) is 12.2. The van der Waals surface area contributed by atoms with Gasteiger partial charge in [0.15, 0.2) is 0 Å². The second-order valence-electron chi connectivity index (χ2n) is 4.55. The molecule has 0 saturated heterocycles. The molecule has 0 aliphatic heterocycles. The Balaban J connectivity index is 2.54. The van der Waals surface area contributed by atoms with Crippen LogP contribution in [0.2, 0.25) is 5.02 Å². The molecule has 0 bridgehead atoms. The van der Waals surface area contributed by atoms with E-state index in [1.807, 2.05) is 6.92 Å². The number of rotatable bonds is 3. The third-order valence-corrected chi connectivity index (χ3v) is 3.93. The van der Waals surface area contributed by atoms with E-state index >= 15 is 0 Å². The molecule has 1 aromatic heterocycles. The maximum Gasteiger partial charge on any atom is 0.265 e. The SMILES string of the molecule is CCC(c1ccc(C)cc1)n1cc(Cl)cc(Br)c1=O. The van der Waals surface area contributed by atoms with Crippen LogP contribution in [0.15, 0.2) is 45.8 Å². The molecule has 0 saturated carbocycles. The summed E-state index contributed by atoms with van der Waals surface area (Å²) in [6.07, 6.45) is 2.53. The van der Waals surface area contributed by atoms with Crippen LogP contribution < -0.4 is 5.56 Å². The fourth-order valence-corrected chi connectivity index (χ4v) is 2.95. The first kappa shape index (κ1) is 14.4. The molecule has 1 atom stereocenters. The normalized spacial score (nSPS) is 12.4. The van der Waals surface area contributed by atoms with Gasteiger partial charge in [-0.05, 0) is 40.9 Å². The number of aryl methyl sites for hydroxylation is 1. The van der Waals surface area contributed by atoms with Gasteiger partial charge in [0, 0.05) is 6.20 Å². The lowest BCUT2D eigenvalue weighted by Crippen LogP contribution is -2.25. The van der Waals surface area contributed by atoms with Crippen LogP contribution in [0.5, 0.6) is 0 Å². The number of aromatic nitrogens is 1. The largest absolute Gasteiger partial charge is 0.306 e. The van der Waals surface area contributed by atoms with Gasteiger partial charge in [-0.2, -0.15) is 0 Å². The topological polar surface area (TPSA) is 22.0 Å². The van der Waals surface area contributed by atoms with E-state index in [0.29, 0.717) is 9.50 Å². The van der Waals surface area contributed by atoms with Crippen LogP contribution in [-0.4, -0.2) is 4.57 Å². The minimum absolute atomic E-state index is 0.00287. The van der Waals surface area contributed by atoms with Crippen LogP contribution in [0.3, 0.4) is 0 Å². The average Bonchev–Trinajstić information content (AvgIpc) is 2.38.